The van der Waals surface area contributed by atoms with Crippen LogP contribution in [0.3, 0.4) is 0 Å². The Morgan fingerprint density at radius 1 is 0.824 bits per heavy atom. The quantitative estimate of drug-likeness (QED) is 0.537. The molecule has 1 aliphatic carbocycles. The Morgan fingerprint density at radius 2 is 1.44 bits per heavy atom. The van der Waals surface area contributed by atoms with E-state index in [0.29, 0.717) is 23.3 Å². The summed E-state index contributed by atoms with van der Waals surface area (Å²) < 4.78 is 0. The lowest BCUT2D eigenvalue weighted by atomic mass is 9.61. The molecule has 3 aliphatic heterocycles. The molecule has 0 N–H and O–H groups in total. The number of benzene rings is 2. The van der Waals surface area contributed by atoms with E-state index in [1.807, 2.05) is 12.1 Å². The fourth-order valence-electron chi connectivity index (χ4n) is 7.05. The summed E-state index contributed by atoms with van der Waals surface area (Å²) in [6.07, 6.45) is 8.23. The van der Waals surface area contributed by atoms with Gasteiger partial charge in [-0.15, -0.1) is 0 Å². The Kier molecular flexibility index (Phi) is 5.70. The first-order chi connectivity index (χ1) is 16.7. The molecule has 1 aromatic heterocycles. The third kappa shape index (κ3) is 3.84. The molecule has 0 radical (unpaired) electrons. The minimum absolute atomic E-state index is 0.00237. The molecule has 4 nitrogen and oxygen atoms in total. The minimum Gasteiger partial charge on any atom is -0.336 e. The van der Waals surface area contributed by atoms with Crippen LogP contribution in [0.1, 0.15) is 59.0 Å². The molecule has 3 saturated heterocycles. The van der Waals surface area contributed by atoms with Gasteiger partial charge in [0.15, 0.2) is 0 Å². The van der Waals surface area contributed by atoms with E-state index in [1.54, 1.807) is 12.4 Å². The number of hydrogen-bond acceptors (Lipinski definition) is 3. The lowest BCUT2D eigenvalue weighted by molar-refractivity contribution is 0.0388. The number of likely N-dealkylation sites (tertiary alicyclic amines) is 1. The first-order valence-electron chi connectivity index (χ1n) is 12.8. The summed E-state index contributed by atoms with van der Waals surface area (Å²) in [5, 5.41) is 0. The second-order valence-electron chi connectivity index (χ2n) is 10.5. The topological polar surface area (TPSA) is 36.4 Å². The van der Waals surface area contributed by atoms with Crippen LogP contribution in [0.5, 0.6) is 0 Å². The summed E-state index contributed by atoms with van der Waals surface area (Å²) in [5.41, 5.74) is 3.55. The zero-order valence-electron chi connectivity index (χ0n) is 19.7. The average molecular weight is 452 g/mol. The number of amides is 1. The molecule has 2 unspecified atom stereocenters. The molecular weight excluding hydrogens is 418 g/mol. The summed E-state index contributed by atoms with van der Waals surface area (Å²) in [5.74, 6) is 1.40. The van der Waals surface area contributed by atoms with Gasteiger partial charge in [-0.25, -0.2) is 0 Å². The van der Waals surface area contributed by atoms with Crippen LogP contribution in [-0.4, -0.2) is 52.4 Å². The number of aromatic nitrogens is 1. The van der Waals surface area contributed by atoms with Crippen LogP contribution < -0.4 is 0 Å². The van der Waals surface area contributed by atoms with Crippen molar-refractivity contribution in [2.24, 2.45) is 5.92 Å². The third-order valence-electron chi connectivity index (χ3n) is 8.58. The van der Waals surface area contributed by atoms with Gasteiger partial charge in [-0.3, -0.25) is 14.7 Å². The lowest BCUT2D eigenvalue weighted by Gasteiger charge is -2.50. The Labute approximate surface area is 202 Å². The number of rotatable bonds is 4. The van der Waals surface area contributed by atoms with Crippen molar-refractivity contribution in [3.05, 3.63) is 102 Å². The van der Waals surface area contributed by atoms with Gasteiger partial charge in [0.05, 0.1) is 5.56 Å². The standard InChI is InChI=1S/C30H33N3O/c34-29(25-14-9-15-31-20-25)32-21-28-26(23-10-3-1-4-11-23)18-30(22-32,33-16-7-8-17-33)19-27(28)24-12-5-2-6-13-24/h1-6,9-15,20,26-28H,7-8,16-19,21-22H2. The molecule has 2 aromatic carbocycles. The van der Waals surface area contributed by atoms with Crippen molar-refractivity contribution in [1.29, 1.82) is 0 Å². The molecule has 4 fully saturated rings. The predicted octanol–water partition coefficient (Wildman–Crippen LogP) is 5.35. The molecule has 4 heterocycles. The SMILES string of the molecule is O=C(c1cccnc1)N1CC2C(c3ccccc3)CC(N3CCCC3)(CC2c2ccccc2)C1. The van der Waals surface area contributed by atoms with Gasteiger partial charge in [-0.2, -0.15) is 0 Å². The number of carbonyl (C=O) groups is 1. The highest BCUT2D eigenvalue weighted by Gasteiger charge is 2.54. The Hall–Kier alpha value is -2.98. The van der Waals surface area contributed by atoms with Gasteiger partial charge < -0.3 is 4.90 Å². The van der Waals surface area contributed by atoms with Gasteiger partial charge >= 0.3 is 0 Å². The molecule has 1 amide bonds. The van der Waals surface area contributed by atoms with E-state index < -0.39 is 0 Å². The largest absolute Gasteiger partial charge is 0.336 e. The molecule has 7 rings (SSSR count). The molecule has 4 aliphatic rings. The zero-order chi connectivity index (χ0) is 23.0. The molecule has 2 bridgehead atoms. The smallest absolute Gasteiger partial charge is 0.255 e. The van der Waals surface area contributed by atoms with Gasteiger partial charge in [0.25, 0.3) is 5.91 Å². The van der Waals surface area contributed by atoms with Crippen LogP contribution in [0, 0.1) is 5.92 Å². The molecule has 4 heteroatoms. The maximum atomic E-state index is 13.8. The van der Waals surface area contributed by atoms with Crippen LogP contribution in [-0.2, 0) is 0 Å². The van der Waals surface area contributed by atoms with E-state index >= 15 is 0 Å². The highest BCUT2D eigenvalue weighted by Crippen LogP contribution is 2.55. The summed E-state index contributed by atoms with van der Waals surface area (Å²) in [7, 11) is 0. The summed E-state index contributed by atoms with van der Waals surface area (Å²) in [4.78, 5) is 22.9. The van der Waals surface area contributed by atoms with Crippen LogP contribution >= 0.6 is 0 Å². The van der Waals surface area contributed by atoms with E-state index in [2.05, 4.69) is 75.4 Å². The maximum Gasteiger partial charge on any atom is 0.255 e. The third-order valence-corrected chi connectivity index (χ3v) is 8.58. The van der Waals surface area contributed by atoms with Gasteiger partial charge in [0.2, 0.25) is 0 Å². The van der Waals surface area contributed by atoms with Gasteiger partial charge in [0.1, 0.15) is 0 Å². The lowest BCUT2D eigenvalue weighted by Crippen LogP contribution is -2.56. The fourth-order valence-corrected chi connectivity index (χ4v) is 7.05. The molecule has 34 heavy (non-hydrogen) atoms. The first kappa shape index (κ1) is 21.5. The van der Waals surface area contributed by atoms with Crippen molar-refractivity contribution in [2.45, 2.75) is 43.1 Å². The second-order valence-corrected chi connectivity index (χ2v) is 10.5. The highest BCUT2D eigenvalue weighted by molar-refractivity contribution is 5.94. The van der Waals surface area contributed by atoms with Gasteiger partial charge in [0, 0.05) is 31.0 Å². The molecule has 2 atom stereocenters. The van der Waals surface area contributed by atoms with Crippen molar-refractivity contribution in [1.82, 2.24) is 14.8 Å². The van der Waals surface area contributed by atoms with Crippen LogP contribution in [0.25, 0.3) is 0 Å². The van der Waals surface area contributed by atoms with Crippen LogP contribution in [0.2, 0.25) is 0 Å². The van der Waals surface area contributed by atoms with Gasteiger partial charge in [-0.1, -0.05) is 60.7 Å². The molecule has 0 spiro atoms. The van der Waals surface area contributed by atoms with Crippen LogP contribution in [0.15, 0.2) is 85.2 Å². The number of nitrogens with zero attached hydrogens (tertiary/aromatic N) is 3. The zero-order valence-corrected chi connectivity index (χ0v) is 19.7. The molecule has 174 valence electrons. The molecular formula is C30H33N3O. The van der Waals surface area contributed by atoms with Crippen LogP contribution in [0.4, 0.5) is 0 Å². The number of hydrogen-bond donors (Lipinski definition) is 0. The Balaban J connectivity index is 1.47. The van der Waals surface area contributed by atoms with E-state index in [9.17, 15) is 4.79 Å². The Bertz CT molecular complexity index is 1060. The minimum atomic E-state index is 0.00237. The maximum absolute atomic E-state index is 13.8. The van der Waals surface area contributed by atoms with Crippen molar-refractivity contribution >= 4 is 5.91 Å². The predicted molar refractivity (Wildman–Crippen MR) is 135 cm³/mol. The number of fused-ring (bicyclic) bond motifs is 4. The summed E-state index contributed by atoms with van der Waals surface area (Å²) in [6.45, 7) is 3.89. The van der Waals surface area contributed by atoms with Crippen molar-refractivity contribution in [3.63, 3.8) is 0 Å². The van der Waals surface area contributed by atoms with Gasteiger partial charge in [-0.05, 0) is 79.8 Å². The Morgan fingerprint density at radius 3 is 2.00 bits per heavy atom. The van der Waals surface area contributed by atoms with Crippen molar-refractivity contribution < 1.29 is 4.79 Å². The van der Waals surface area contributed by atoms with E-state index in [0.717, 1.165) is 39.0 Å². The average Bonchev–Trinajstić information content (AvgIpc) is 3.34. The van der Waals surface area contributed by atoms with Crippen molar-refractivity contribution in [3.8, 4) is 0 Å². The normalized spacial score (nSPS) is 29.2. The fraction of sp³-hybridized carbons (Fsp3) is 0.400. The first-order valence-corrected chi connectivity index (χ1v) is 12.8. The summed E-state index contributed by atoms with van der Waals surface area (Å²) in [6, 6.07) is 25.9. The van der Waals surface area contributed by atoms with E-state index in [4.69, 9.17) is 0 Å². The second kappa shape index (κ2) is 8.99. The monoisotopic (exact) mass is 451 g/mol. The number of carbonyl (C=O) groups excluding carboxylic acids is 1. The number of pyridine rings is 1. The molecule has 3 aromatic rings. The van der Waals surface area contributed by atoms with E-state index in [-0.39, 0.29) is 11.4 Å². The highest BCUT2D eigenvalue weighted by atomic mass is 16.2. The van der Waals surface area contributed by atoms with Crippen molar-refractivity contribution in [2.75, 3.05) is 26.2 Å². The van der Waals surface area contributed by atoms with E-state index in [1.165, 1.54) is 24.0 Å². The summed E-state index contributed by atoms with van der Waals surface area (Å²) >= 11 is 0. The molecule has 1 saturated carbocycles.